The molecule has 4 rings (SSSR count). The summed E-state index contributed by atoms with van der Waals surface area (Å²) >= 11 is 0. The van der Waals surface area contributed by atoms with Gasteiger partial charge in [0.25, 0.3) is 0 Å². The SMILES string of the molecule is O=C1OC(=O)C2(CC3CO3)CCCCC12CC1CO1. The lowest BCUT2D eigenvalue weighted by atomic mass is 9.54. The molecule has 0 spiro atoms. The number of esters is 2. The number of fused-ring (bicyclic) bond motifs is 1. The molecule has 0 N–H and O–H groups in total. The fraction of sp³-hybridized carbons (Fsp3) is 0.857. The lowest BCUT2D eigenvalue weighted by Crippen LogP contribution is -2.49. The second-order valence-corrected chi connectivity index (χ2v) is 6.37. The molecule has 104 valence electrons. The summed E-state index contributed by atoms with van der Waals surface area (Å²) in [6.45, 7) is 1.42. The first-order valence-corrected chi connectivity index (χ1v) is 7.16. The molecular formula is C14H18O5. The highest BCUT2D eigenvalue weighted by Crippen LogP contribution is 2.62. The Labute approximate surface area is 111 Å². The van der Waals surface area contributed by atoms with Crippen molar-refractivity contribution in [3.05, 3.63) is 0 Å². The first kappa shape index (κ1) is 11.9. The smallest absolute Gasteiger partial charge is 0.321 e. The van der Waals surface area contributed by atoms with Crippen LogP contribution in [0.3, 0.4) is 0 Å². The molecule has 0 aromatic rings. The van der Waals surface area contributed by atoms with E-state index in [1.165, 1.54) is 0 Å². The fourth-order valence-electron chi connectivity index (χ4n) is 4.12. The minimum Gasteiger partial charge on any atom is -0.392 e. The molecule has 5 nitrogen and oxygen atoms in total. The number of hydrogen-bond acceptors (Lipinski definition) is 5. The normalized spacial score (nSPS) is 47.8. The minimum absolute atomic E-state index is 0.135. The summed E-state index contributed by atoms with van der Waals surface area (Å²) in [6, 6.07) is 0. The molecule has 4 atom stereocenters. The van der Waals surface area contributed by atoms with Gasteiger partial charge in [0.15, 0.2) is 0 Å². The van der Waals surface area contributed by atoms with Gasteiger partial charge in [-0.05, 0) is 25.7 Å². The van der Waals surface area contributed by atoms with Crippen LogP contribution >= 0.6 is 0 Å². The summed E-state index contributed by atoms with van der Waals surface area (Å²) in [5.74, 6) is -0.623. The predicted octanol–water partition coefficient (Wildman–Crippen LogP) is 1.19. The third-order valence-corrected chi connectivity index (χ3v) is 5.30. The molecule has 4 unspecified atom stereocenters. The molecule has 0 radical (unpaired) electrons. The molecule has 0 bridgehead atoms. The average Bonchev–Trinajstić information content (AvgIpc) is 3.26. The molecule has 0 aromatic heterocycles. The van der Waals surface area contributed by atoms with Crippen LogP contribution < -0.4 is 0 Å². The molecule has 1 aliphatic carbocycles. The van der Waals surface area contributed by atoms with E-state index in [1.807, 2.05) is 0 Å². The fourth-order valence-corrected chi connectivity index (χ4v) is 4.12. The van der Waals surface area contributed by atoms with Crippen molar-refractivity contribution in [1.82, 2.24) is 0 Å². The molecule has 4 aliphatic rings. The standard InChI is InChI=1S/C14H18O5/c15-11-13(5-9-7-17-9)3-1-2-4-14(13,12(16)19-11)6-10-8-18-10/h9-10H,1-8H2. The van der Waals surface area contributed by atoms with Gasteiger partial charge in [-0.15, -0.1) is 0 Å². The molecule has 1 saturated carbocycles. The Balaban J connectivity index is 1.74. The lowest BCUT2D eigenvalue weighted by Gasteiger charge is -2.43. The van der Waals surface area contributed by atoms with Crippen LogP contribution in [-0.2, 0) is 23.8 Å². The van der Waals surface area contributed by atoms with Gasteiger partial charge in [0.05, 0.1) is 36.3 Å². The van der Waals surface area contributed by atoms with Crippen LogP contribution in [0.15, 0.2) is 0 Å². The van der Waals surface area contributed by atoms with Crippen LogP contribution in [0, 0.1) is 10.8 Å². The molecule has 19 heavy (non-hydrogen) atoms. The third-order valence-electron chi connectivity index (χ3n) is 5.30. The predicted molar refractivity (Wildman–Crippen MR) is 63.1 cm³/mol. The van der Waals surface area contributed by atoms with E-state index < -0.39 is 10.8 Å². The van der Waals surface area contributed by atoms with Crippen molar-refractivity contribution in [1.29, 1.82) is 0 Å². The Morgan fingerprint density at radius 2 is 1.32 bits per heavy atom. The Hall–Kier alpha value is -0.940. The van der Waals surface area contributed by atoms with Gasteiger partial charge in [-0.2, -0.15) is 0 Å². The van der Waals surface area contributed by atoms with Crippen LogP contribution in [-0.4, -0.2) is 37.4 Å². The van der Waals surface area contributed by atoms with Gasteiger partial charge in [0, 0.05) is 0 Å². The van der Waals surface area contributed by atoms with Crippen molar-refractivity contribution in [2.24, 2.45) is 10.8 Å². The van der Waals surface area contributed by atoms with Gasteiger partial charge in [0.1, 0.15) is 0 Å². The van der Waals surface area contributed by atoms with Gasteiger partial charge < -0.3 is 14.2 Å². The second-order valence-electron chi connectivity index (χ2n) is 6.37. The van der Waals surface area contributed by atoms with Crippen molar-refractivity contribution >= 4 is 11.9 Å². The van der Waals surface area contributed by atoms with Gasteiger partial charge in [-0.25, -0.2) is 0 Å². The first-order chi connectivity index (χ1) is 9.16. The maximum atomic E-state index is 12.4. The van der Waals surface area contributed by atoms with Gasteiger partial charge >= 0.3 is 11.9 Å². The van der Waals surface area contributed by atoms with Gasteiger partial charge in [-0.1, -0.05) is 12.8 Å². The Morgan fingerprint density at radius 1 is 0.895 bits per heavy atom. The Kier molecular flexibility index (Phi) is 2.37. The first-order valence-electron chi connectivity index (χ1n) is 7.16. The van der Waals surface area contributed by atoms with E-state index in [9.17, 15) is 9.59 Å². The van der Waals surface area contributed by atoms with E-state index in [2.05, 4.69) is 0 Å². The molecule has 3 aliphatic heterocycles. The number of cyclic esters (lactones) is 2. The number of carbonyl (C=O) groups excluding carboxylic acids is 2. The maximum absolute atomic E-state index is 12.4. The van der Waals surface area contributed by atoms with E-state index in [4.69, 9.17) is 14.2 Å². The zero-order valence-electron chi connectivity index (χ0n) is 10.9. The van der Waals surface area contributed by atoms with Gasteiger partial charge in [0.2, 0.25) is 0 Å². The van der Waals surface area contributed by atoms with Crippen molar-refractivity contribution in [3.8, 4) is 0 Å². The molecule has 4 fully saturated rings. The highest BCUT2D eigenvalue weighted by molar-refractivity contribution is 6.02. The quantitative estimate of drug-likeness (QED) is 0.434. The monoisotopic (exact) mass is 266 g/mol. The van der Waals surface area contributed by atoms with E-state index in [1.54, 1.807) is 0 Å². The summed E-state index contributed by atoms with van der Waals surface area (Å²) in [6.07, 6.45) is 5.04. The van der Waals surface area contributed by atoms with Crippen LogP contribution in [0.4, 0.5) is 0 Å². The van der Waals surface area contributed by atoms with Crippen molar-refractivity contribution < 1.29 is 23.8 Å². The van der Waals surface area contributed by atoms with Crippen molar-refractivity contribution in [2.45, 2.75) is 50.7 Å². The zero-order chi connectivity index (χ0) is 13.1. The second kappa shape index (κ2) is 3.79. The van der Waals surface area contributed by atoms with Crippen molar-refractivity contribution in [3.63, 3.8) is 0 Å². The number of epoxide rings is 2. The van der Waals surface area contributed by atoms with Crippen LogP contribution in [0.2, 0.25) is 0 Å². The van der Waals surface area contributed by atoms with Crippen LogP contribution in [0.1, 0.15) is 38.5 Å². The summed E-state index contributed by atoms with van der Waals surface area (Å²) in [7, 11) is 0. The summed E-state index contributed by atoms with van der Waals surface area (Å²) in [4.78, 5) is 24.7. The molecule has 0 aromatic carbocycles. The number of ether oxygens (including phenoxy) is 3. The molecular weight excluding hydrogens is 248 g/mol. The van der Waals surface area contributed by atoms with E-state index >= 15 is 0 Å². The maximum Gasteiger partial charge on any atom is 0.321 e. The minimum atomic E-state index is -0.643. The summed E-state index contributed by atoms with van der Waals surface area (Å²) < 4.78 is 15.7. The highest BCUT2D eigenvalue weighted by Gasteiger charge is 2.70. The third kappa shape index (κ3) is 1.61. The molecule has 5 heteroatoms. The van der Waals surface area contributed by atoms with Crippen molar-refractivity contribution in [2.75, 3.05) is 13.2 Å². The lowest BCUT2D eigenvalue weighted by molar-refractivity contribution is -0.156. The van der Waals surface area contributed by atoms with E-state index in [0.29, 0.717) is 26.1 Å². The summed E-state index contributed by atoms with van der Waals surface area (Å²) in [5.41, 5.74) is -1.29. The number of rotatable bonds is 4. The number of hydrogen-bond donors (Lipinski definition) is 0. The summed E-state index contributed by atoms with van der Waals surface area (Å²) in [5, 5.41) is 0. The topological polar surface area (TPSA) is 68.4 Å². The van der Waals surface area contributed by atoms with E-state index in [0.717, 1.165) is 25.7 Å². The Morgan fingerprint density at radius 3 is 1.68 bits per heavy atom. The molecule has 3 heterocycles. The molecule has 3 saturated heterocycles. The average molecular weight is 266 g/mol. The molecule has 0 amide bonds. The zero-order valence-corrected chi connectivity index (χ0v) is 10.9. The Bertz CT molecular complexity index is 399. The van der Waals surface area contributed by atoms with Crippen LogP contribution in [0.5, 0.6) is 0 Å². The highest BCUT2D eigenvalue weighted by atomic mass is 16.6. The number of carbonyl (C=O) groups is 2. The van der Waals surface area contributed by atoms with Gasteiger partial charge in [-0.3, -0.25) is 9.59 Å². The van der Waals surface area contributed by atoms with E-state index in [-0.39, 0.29) is 24.1 Å². The largest absolute Gasteiger partial charge is 0.392 e. The van der Waals surface area contributed by atoms with Crippen LogP contribution in [0.25, 0.3) is 0 Å².